The van der Waals surface area contributed by atoms with Crippen LogP contribution in [-0.4, -0.2) is 41.5 Å². The van der Waals surface area contributed by atoms with Crippen molar-refractivity contribution in [2.45, 2.75) is 38.8 Å². The first-order valence-electron chi connectivity index (χ1n) is 5.79. The number of Topliss-reactive ketones (excluding diaryl/α,β-unsaturated/α-hetero) is 2. The number of hydrogen-bond donors (Lipinski definition) is 4. The van der Waals surface area contributed by atoms with E-state index >= 15 is 0 Å². The third-order valence-corrected chi connectivity index (χ3v) is 2.16. The van der Waals surface area contributed by atoms with E-state index in [-0.39, 0.29) is 24.4 Å². The Morgan fingerprint density at radius 3 is 1.35 bits per heavy atom. The largest absolute Gasteiger partial charge is 0.328 e. The lowest BCUT2D eigenvalue weighted by Crippen LogP contribution is -2.52. The average Bonchev–Trinajstić information content (AvgIpc) is 2.26. The Morgan fingerprint density at radius 2 is 1.10 bits per heavy atom. The van der Waals surface area contributed by atoms with E-state index in [4.69, 9.17) is 11.5 Å². The molecule has 0 aromatic rings. The van der Waals surface area contributed by atoms with E-state index in [1.54, 1.807) is 10.6 Å². The maximum absolute atomic E-state index is 11.4. The fourth-order valence-electron chi connectivity index (χ4n) is 1.25. The van der Waals surface area contributed by atoms with Crippen LogP contribution in [0.1, 0.15) is 26.7 Å². The summed E-state index contributed by atoms with van der Waals surface area (Å²) in [5, 5.41) is 3.59. The smallest absolute Gasteiger partial charge is 0.320 e. The van der Waals surface area contributed by atoms with Gasteiger partial charge in [0.2, 0.25) is 11.8 Å². The first kappa shape index (κ1) is 17.9. The lowest BCUT2D eigenvalue weighted by molar-refractivity contribution is -0.126. The highest BCUT2D eigenvalue weighted by molar-refractivity contribution is 6.05. The molecule has 0 bridgehead atoms. The van der Waals surface area contributed by atoms with E-state index < -0.39 is 29.9 Å². The van der Waals surface area contributed by atoms with Crippen LogP contribution in [0.4, 0.5) is 4.79 Å². The molecule has 2 atom stereocenters. The van der Waals surface area contributed by atoms with E-state index in [1.165, 1.54) is 13.8 Å². The van der Waals surface area contributed by atoms with Gasteiger partial charge < -0.3 is 11.5 Å². The quantitative estimate of drug-likeness (QED) is 0.437. The summed E-state index contributed by atoms with van der Waals surface area (Å²) in [5.41, 5.74) is 10.7. The highest BCUT2D eigenvalue weighted by Crippen LogP contribution is 1.91. The Morgan fingerprint density at radius 1 is 0.800 bits per heavy atom. The van der Waals surface area contributed by atoms with Gasteiger partial charge >= 0.3 is 6.03 Å². The summed E-state index contributed by atoms with van der Waals surface area (Å²) in [4.78, 5) is 55.5. The molecule has 0 radical (unpaired) electrons. The average molecular weight is 286 g/mol. The second kappa shape index (κ2) is 8.12. The minimum absolute atomic E-state index is 0.225. The molecule has 6 N–H and O–H groups in total. The molecule has 0 fully saturated rings. The van der Waals surface area contributed by atoms with Crippen LogP contribution in [0.3, 0.4) is 0 Å². The Kier molecular flexibility index (Phi) is 7.26. The molecule has 0 aliphatic rings. The lowest BCUT2D eigenvalue weighted by Gasteiger charge is -2.12. The van der Waals surface area contributed by atoms with E-state index in [2.05, 4.69) is 0 Å². The number of hydrogen-bond acceptors (Lipinski definition) is 7. The fourth-order valence-corrected chi connectivity index (χ4v) is 1.25. The zero-order valence-corrected chi connectivity index (χ0v) is 11.3. The summed E-state index contributed by atoms with van der Waals surface area (Å²) >= 11 is 0. The van der Waals surface area contributed by atoms with Crippen LogP contribution in [0.15, 0.2) is 0 Å². The number of imide groups is 2. The van der Waals surface area contributed by atoms with Gasteiger partial charge in [-0.2, -0.15) is 0 Å². The number of rotatable bonds is 6. The second-order valence-electron chi connectivity index (χ2n) is 4.33. The van der Waals surface area contributed by atoms with Gasteiger partial charge in [-0.05, 0) is 13.8 Å². The van der Waals surface area contributed by atoms with Gasteiger partial charge in [0.1, 0.15) is 11.6 Å². The molecule has 0 aromatic heterocycles. The topological polar surface area (TPSA) is 161 Å². The normalized spacial score (nSPS) is 13.0. The predicted molar refractivity (Wildman–Crippen MR) is 68.2 cm³/mol. The van der Waals surface area contributed by atoms with Crippen molar-refractivity contribution in [1.29, 1.82) is 0 Å². The first-order valence-corrected chi connectivity index (χ1v) is 5.79. The summed E-state index contributed by atoms with van der Waals surface area (Å²) in [6.45, 7) is 2.50. The Hall–Kier alpha value is -2.13. The zero-order valence-electron chi connectivity index (χ0n) is 11.3. The molecular formula is C11H18N4O5. The maximum Gasteiger partial charge on any atom is 0.328 e. The number of urea groups is 1. The molecule has 20 heavy (non-hydrogen) atoms. The first-order chi connectivity index (χ1) is 9.13. The van der Waals surface area contributed by atoms with Gasteiger partial charge in [-0.1, -0.05) is 0 Å². The summed E-state index contributed by atoms with van der Waals surface area (Å²) < 4.78 is 0. The van der Waals surface area contributed by atoms with Crippen molar-refractivity contribution in [2.24, 2.45) is 11.5 Å². The second-order valence-corrected chi connectivity index (χ2v) is 4.33. The molecule has 9 nitrogen and oxygen atoms in total. The Labute approximate surface area is 115 Å². The van der Waals surface area contributed by atoms with Crippen molar-refractivity contribution in [2.75, 3.05) is 0 Å². The molecule has 0 saturated carbocycles. The molecule has 9 heteroatoms. The summed E-state index contributed by atoms with van der Waals surface area (Å²) in [7, 11) is 0. The summed E-state index contributed by atoms with van der Waals surface area (Å²) in [6.07, 6.45) is -0.451. The van der Waals surface area contributed by atoms with Gasteiger partial charge in [-0.25, -0.2) is 4.79 Å². The fraction of sp³-hybridized carbons (Fsp3) is 0.545. The molecule has 0 saturated heterocycles. The minimum Gasteiger partial charge on any atom is -0.320 e. The monoisotopic (exact) mass is 286 g/mol. The lowest BCUT2D eigenvalue weighted by atomic mass is 10.1. The molecular weight excluding hydrogens is 268 g/mol. The Balaban J connectivity index is 4.28. The number of nitrogens with one attached hydrogen (secondary N) is 2. The number of amides is 4. The molecule has 0 heterocycles. The summed E-state index contributed by atoms with van der Waals surface area (Å²) in [5.74, 6) is -2.42. The van der Waals surface area contributed by atoms with Gasteiger partial charge in [0.05, 0.1) is 12.1 Å². The van der Waals surface area contributed by atoms with Crippen molar-refractivity contribution in [1.82, 2.24) is 10.6 Å². The molecule has 0 aliphatic heterocycles. The number of carbonyl (C=O) groups excluding carboxylic acids is 5. The van der Waals surface area contributed by atoms with Gasteiger partial charge in [-0.15, -0.1) is 0 Å². The van der Waals surface area contributed by atoms with Crippen LogP contribution in [0.5, 0.6) is 0 Å². The van der Waals surface area contributed by atoms with Crippen LogP contribution in [0, 0.1) is 0 Å². The number of ketones is 2. The molecule has 4 amide bonds. The van der Waals surface area contributed by atoms with Crippen LogP contribution in [0.25, 0.3) is 0 Å². The van der Waals surface area contributed by atoms with Gasteiger partial charge in [0.15, 0.2) is 0 Å². The maximum atomic E-state index is 11.4. The molecule has 0 rings (SSSR count). The summed E-state index contributed by atoms with van der Waals surface area (Å²) in [6, 6.07) is -3.48. The van der Waals surface area contributed by atoms with Crippen molar-refractivity contribution in [3.63, 3.8) is 0 Å². The van der Waals surface area contributed by atoms with Crippen LogP contribution >= 0.6 is 0 Å². The SMILES string of the molecule is CC(=O)CC(N)C(=O)NC(=O)NC(=O)C(N)CC(C)=O. The van der Waals surface area contributed by atoms with E-state index in [1.807, 2.05) is 0 Å². The van der Waals surface area contributed by atoms with E-state index in [9.17, 15) is 24.0 Å². The van der Waals surface area contributed by atoms with Crippen LogP contribution < -0.4 is 22.1 Å². The molecule has 0 spiro atoms. The van der Waals surface area contributed by atoms with Gasteiger partial charge in [-0.3, -0.25) is 29.8 Å². The number of carbonyl (C=O) groups is 5. The zero-order chi connectivity index (χ0) is 15.9. The molecule has 0 aromatic carbocycles. The third-order valence-electron chi connectivity index (χ3n) is 2.16. The standard InChI is InChI=1S/C11H18N4O5/c1-5(16)3-7(12)9(18)14-11(20)15-10(19)8(13)4-6(2)17/h7-8H,3-4,12-13H2,1-2H3,(H2,14,15,18,19,20). The highest BCUT2D eigenvalue weighted by Gasteiger charge is 2.21. The predicted octanol–water partition coefficient (Wildman–Crippen LogP) is -2.05. The third kappa shape index (κ3) is 7.34. The minimum atomic E-state index is -1.18. The van der Waals surface area contributed by atoms with Crippen LogP contribution in [-0.2, 0) is 19.2 Å². The van der Waals surface area contributed by atoms with Crippen molar-refractivity contribution in [3.8, 4) is 0 Å². The van der Waals surface area contributed by atoms with Gasteiger partial charge in [0, 0.05) is 12.8 Å². The van der Waals surface area contributed by atoms with Crippen LogP contribution in [0.2, 0.25) is 0 Å². The van der Waals surface area contributed by atoms with E-state index in [0.717, 1.165) is 0 Å². The Bertz CT molecular complexity index is 397. The molecule has 2 unspecified atom stereocenters. The van der Waals surface area contributed by atoms with Gasteiger partial charge in [0.25, 0.3) is 0 Å². The highest BCUT2D eigenvalue weighted by atomic mass is 16.2. The van der Waals surface area contributed by atoms with E-state index in [0.29, 0.717) is 0 Å². The number of nitrogens with two attached hydrogens (primary N) is 2. The van der Waals surface area contributed by atoms with Crippen molar-refractivity contribution in [3.05, 3.63) is 0 Å². The molecule has 112 valence electrons. The molecule has 0 aliphatic carbocycles. The van der Waals surface area contributed by atoms with Crippen molar-refractivity contribution >= 4 is 29.4 Å². The van der Waals surface area contributed by atoms with Crippen molar-refractivity contribution < 1.29 is 24.0 Å².